The molecule has 0 spiro atoms. The lowest BCUT2D eigenvalue weighted by molar-refractivity contribution is -0.117. The van der Waals surface area contributed by atoms with E-state index in [1.54, 1.807) is 30.5 Å². The summed E-state index contributed by atoms with van der Waals surface area (Å²) in [6.07, 6.45) is 6.96. The van der Waals surface area contributed by atoms with Gasteiger partial charge in [0.2, 0.25) is 5.91 Å². The fourth-order valence-electron chi connectivity index (χ4n) is 4.09. The van der Waals surface area contributed by atoms with E-state index in [0.717, 1.165) is 31.9 Å². The number of hydrogen-bond acceptors (Lipinski definition) is 6. The monoisotopic (exact) mass is 377 g/mol. The molecule has 2 aliphatic rings. The number of rotatable bonds is 5. The first kappa shape index (κ1) is 18.3. The van der Waals surface area contributed by atoms with Crippen LogP contribution in [0.3, 0.4) is 0 Å². The molecule has 0 bridgehead atoms. The average Bonchev–Trinajstić information content (AvgIpc) is 3.24. The fraction of sp³-hybridized carbons (Fsp3) is 0.381. The highest BCUT2D eigenvalue weighted by molar-refractivity contribution is 6.09. The number of nitrogens with one attached hydrogen (secondary N) is 2. The molecule has 1 aromatic carbocycles. The van der Waals surface area contributed by atoms with E-state index < -0.39 is 5.92 Å². The van der Waals surface area contributed by atoms with Crippen molar-refractivity contribution in [2.24, 2.45) is 0 Å². The largest absolute Gasteiger partial charge is 0.340 e. The van der Waals surface area contributed by atoms with Crippen molar-refractivity contribution in [2.45, 2.75) is 50.6 Å². The lowest BCUT2D eigenvalue weighted by Crippen LogP contribution is -2.51. The highest BCUT2D eigenvalue weighted by Crippen LogP contribution is 2.36. The molecule has 1 amide bonds. The third-order valence-electron chi connectivity index (χ3n) is 5.59. The van der Waals surface area contributed by atoms with E-state index >= 15 is 0 Å². The van der Waals surface area contributed by atoms with E-state index in [1.165, 1.54) is 0 Å². The molecular formula is C21H23N5O2. The summed E-state index contributed by atoms with van der Waals surface area (Å²) in [6.45, 7) is 1.88. The standard InChI is InChI=1S/C21H23N5O2/c1-13-21(28)24-17-12-23-19(25-20(17)26(13)15-9-5-6-10-15)16(11-22)18(27)14-7-3-2-4-8-14/h2-4,7-8,11-13,15-16,22H,5-6,9-10H2,1H3,(H,24,28). The second-order valence-corrected chi connectivity index (χ2v) is 7.35. The summed E-state index contributed by atoms with van der Waals surface area (Å²) >= 11 is 0. The summed E-state index contributed by atoms with van der Waals surface area (Å²) < 4.78 is 0. The van der Waals surface area contributed by atoms with Gasteiger partial charge in [0.15, 0.2) is 11.6 Å². The van der Waals surface area contributed by atoms with Gasteiger partial charge in [-0.2, -0.15) is 0 Å². The zero-order chi connectivity index (χ0) is 19.7. The Balaban J connectivity index is 1.73. The molecule has 1 aliphatic carbocycles. The molecule has 28 heavy (non-hydrogen) atoms. The predicted molar refractivity (Wildman–Crippen MR) is 107 cm³/mol. The third-order valence-corrected chi connectivity index (χ3v) is 5.59. The van der Waals surface area contributed by atoms with Gasteiger partial charge in [-0.05, 0) is 19.8 Å². The molecule has 2 aromatic rings. The molecule has 7 nitrogen and oxygen atoms in total. The van der Waals surface area contributed by atoms with Crippen molar-refractivity contribution in [3.63, 3.8) is 0 Å². The van der Waals surface area contributed by atoms with Crippen LogP contribution in [0, 0.1) is 5.41 Å². The van der Waals surface area contributed by atoms with Gasteiger partial charge in [-0.15, -0.1) is 0 Å². The number of anilines is 2. The van der Waals surface area contributed by atoms with Crippen molar-refractivity contribution in [3.05, 3.63) is 47.9 Å². The highest BCUT2D eigenvalue weighted by Gasteiger charge is 2.37. The van der Waals surface area contributed by atoms with Crippen LogP contribution in [-0.4, -0.2) is 40.0 Å². The lowest BCUT2D eigenvalue weighted by Gasteiger charge is -2.39. The van der Waals surface area contributed by atoms with E-state index in [4.69, 9.17) is 5.41 Å². The Kier molecular flexibility index (Phi) is 4.90. The van der Waals surface area contributed by atoms with Crippen LogP contribution < -0.4 is 10.2 Å². The second-order valence-electron chi connectivity index (χ2n) is 7.35. The minimum atomic E-state index is -0.855. The Bertz CT molecular complexity index is 908. The van der Waals surface area contributed by atoms with E-state index in [0.29, 0.717) is 17.1 Å². The maximum absolute atomic E-state index is 12.9. The predicted octanol–water partition coefficient (Wildman–Crippen LogP) is 3.18. The molecule has 2 N–H and O–H groups in total. The number of carbonyl (C=O) groups is 2. The molecule has 7 heteroatoms. The van der Waals surface area contributed by atoms with Gasteiger partial charge in [-0.25, -0.2) is 9.97 Å². The van der Waals surface area contributed by atoms with E-state index in [1.807, 2.05) is 13.0 Å². The minimum Gasteiger partial charge on any atom is -0.340 e. The Labute approximate surface area is 163 Å². The normalized spacial score (nSPS) is 20.4. The summed E-state index contributed by atoms with van der Waals surface area (Å²) in [5, 5.41) is 10.7. The Morgan fingerprint density at radius 2 is 2.00 bits per heavy atom. The number of Topliss-reactive ketones (excluding diaryl/α,β-unsaturated/α-hetero) is 1. The molecule has 1 fully saturated rings. The highest BCUT2D eigenvalue weighted by atomic mass is 16.2. The maximum atomic E-state index is 12.9. The minimum absolute atomic E-state index is 0.0697. The lowest BCUT2D eigenvalue weighted by atomic mass is 9.97. The zero-order valence-corrected chi connectivity index (χ0v) is 15.8. The van der Waals surface area contributed by atoms with Gasteiger partial charge in [0.05, 0.1) is 6.20 Å². The molecule has 0 radical (unpaired) electrons. The van der Waals surface area contributed by atoms with Crippen LogP contribution >= 0.6 is 0 Å². The smallest absolute Gasteiger partial charge is 0.246 e. The molecule has 1 saturated carbocycles. The first-order valence-corrected chi connectivity index (χ1v) is 9.66. The molecular weight excluding hydrogens is 354 g/mol. The van der Waals surface area contributed by atoms with Crippen molar-refractivity contribution in [1.29, 1.82) is 5.41 Å². The molecule has 2 heterocycles. The number of ketones is 1. The van der Waals surface area contributed by atoms with Gasteiger partial charge in [0.25, 0.3) is 0 Å². The second kappa shape index (κ2) is 7.50. The summed E-state index contributed by atoms with van der Waals surface area (Å²) in [5.74, 6) is -0.202. The number of benzene rings is 1. The summed E-state index contributed by atoms with van der Waals surface area (Å²) in [5.41, 5.74) is 1.08. The molecule has 1 aromatic heterocycles. The number of amides is 1. The Morgan fingerprint density at radius 3 is 2.68 bits per heavy atom. The third kappa shape index (κ3) is 3.17. The van der Waals surface area contributed by atoms with Crippen molar-refractivity contribution in [3.8, 4) is 0 Å². The number of nitrogens with zero attached hydrogens (tertiary/aromatic N) is 3. The zero-order valence-electron chi connectivity index (χ0n) is 15.8. The first-order chi connectivity index (χ1) is 13.6. The van der Waals surface area contributed by atoms with Crippen molar-refractivity contribution in [1.82, 2.24) is 9.97 Å². The Hall–Kier alpha value is -3.09. The van der Waals surface area contributed by atoms with Gasteiger partial charge in [-0.1, -0.05) is 43.2 Å². The van der Waals surface area contributed by atoms with Crippen LogP contribution in [0.25, 0.3) is 0 Å². The average molecular weight is 377 g/mol. The molecule has 2 atom stereocenters. The van der Waals surface area contributed by atoms with Crippen LogP contribution in [0.2, 0.25) is 0 Å². The molecule has 2 unspecified atom stereocenters. The summed E-state index contributed by atoms with van der Waals surface area (Å²) in [6, 6.07) is 8.80. The topological polar surface area (TPSA) is 99.0 Å². The number of fused-ring (bicyclic) bond motifs is 1. The van der Waals surface area contributed by atoms with E-state index in [-0.39, 0.29) is 29.6 Å². The van der Waals surface area contributed by atoms with Crippen LogP contribution in [0.1, 0.15) is 54.7 Å². The van der Waals surface area contributed by atoms with Gasteiger partial charge < -0.3 is 15.6 Å². The van der Waals surface area contributed by atoms with E-state index in [9.17, 15) is 9.59 Å². The molecule has 144 valence electrons. The van der Waals surface area contributed by atoms with Crippen LogP contribution in [0.15, 0.2) is 36.5 Å². The fourth-order valence-corrected chi connectivity index (χ4v) is 4.09. The summed E-state index contributed by atoms with van der Waals surface area (Å²) in [7, 11) is 0. The number of hydrogen-bond donors (Lipinski definition) is 2. The van der Waals surface area contributed by atoms with Gasteiger partial charge in [0.1, 0.15) is 23.5 Å². The van der Waals surface area contributed by atoms with Crippen molar-refractivity contribution < 1.29 is 9.59 Å². The SMILES string of the molecule is CC1C(=O)Nc2cnc(C(C=N)C(=O)c3ccccc3)nc2N1C1CCCC1. The van der Waals surface area contributed by atoms with Gasteiger partial charge in [0, 0.05) is 17.8 Å². The van der Waals surface area contributed by atoms with Crippen LogP contribution in [-0.2, 0) is 4.79 Å². The van der Waals surface area contributed by atoms with Crippen molar-refractivity contribution in [2.75, 3.05) is 10.2 Å². The van der Waals surface area contributed by atoms with Gasteiger partial charge in [-0.3, -0.25) is 9.59 Å². The van der Waals surface area contributed by atoms with E-state index in [2.05, 4.69) is 20.2 Å². The molecule has 1 aliphatic heterocycles. The van der Waals surface area contributed by atoms with Gasteiger partial charge >= 0.3 is 0 Å². The summed E-state index contributed by atoms with van der Waals surface area (Å²) in [4.78, 5) is 36.3. The quantitative estimate of drug-likeness (QED) is 0.616. The maximum Gasteiger partial charge on any atom is 0.246 e. The Morgan fingerprint density at radius 1 is 1.29 bits per heavy atom. The van der Waals surface area contributed by atoms with Crippen LogP contribution in [0.5, 0.6) is 0 Å². The first-order valence-electron chi connectivity index (χ1n) is 9.66. The number of aromatic nitrogens is 2. The molecule has 0 saturated heterocycles. The molecule has 4 rings (SSSR count). The van der Waals surface area contributed by atoms with Crippen LogP contribution in [0.4, 0.5) is 11.5 Å². The van der Waals surface area contributed by atoms with Crippen molar-refractivity contribution >= 4 is 29.4 Å². The number of carbonyl (C=O) groups excluding carboxylic acids is 2.